The molecule has 0 saturated carbocycles. The molecule has 1 N–H and O–H groups in total. The minimum absolute atomic E-state index is 0.178. The molecule has 0 aliphatic carbocycles. The standard InChI is InChI=1S/C9H17N/c1-5-6-9(2,3)7-8-10-4/h5-8,10H,1-4H3/b6-5-,8-7-. The van der Waals surface area contributed by atoms with Crippen molar-refractivity contribution in [3.05, 3.63) is 24.4 Å². The summed E-state index contributed by atoms with van der Waals surface area (Å²) in [4.78, 5) is 0. The van der Waals surface area contributed by atoms with Crippen molar-refractivity contribution >= 4 is 0 Å². The van der Waals surface area contributed by atoms with E-state index in [0.29, 0.717) is 0 Å². The summed E-state index contributed by atoms with van der Waals surface area (Å²) in [5.74, 6) is 0. The quantitative estimate of drug-likeness (QED) is 0.592. The maximum atomic E-state index is 2.97. The number of nitrogens with one attached hydrogen (secondary N) is 1. The van der Waals surface area contributed by atoms with Crippen molar-refractivity contribution in [2.24, 2.45) is 5.41 Å². The van der Waals surface area contributed by atoms with Gasteiger partial charge in [-0.05, 0) is 13.1 Å². The fourth-order valence-corrected chi connectivity index (χ4v) is 0.783. The average molecular weight is 139 g/mol. The van der Waals surface area contributed by atoms with E-state index in [4.69, 9.17) is 0 Å². The van der Waals surface area contributed by atoms with Crippen LogP contribution in [0.3, 0.4) is 0 Å². The molecule has 0 fully saturated rings. The van der Waals surface area contributed by atoms with Gasteiger partial charge in [0.2, 0.25) is 0 Å². The lowest BCUT2D eigenvalue weighted by atomic mass is 9.93. The van der Waals surface area contributed by atoms with Gasteiger partial charge in [-0.15, -0.1) is 0 Å². The topological polar surface area (TPSA) is 12.0 Å². The van der Waals surface area contributed by atoms with Crippen LogP contribution in [0.2, 0.25) is 0 Å². The summed E-state index contributed by atoms with van der Waals surface area (Å²) >= 11 is 0. The molecule has 0 aliphatic heterocycles. The van der Waals surface area contributed by atoms with E-state index < -0.39 is 0 Å². The molecule has 0 bridgehead atoms. The van der Waals surface area contributed by atoms with Crippen LogP contribution in [0, 0.1) is 5.41 Å². The van der Waals surface area contributed by atoms with Gasteiger partial charge in [-0.2, -0.15) is 0 Å². The molecule has 0 aromatic rings. The monoisotopic (exact) mass is 139 g/mol. The fourth-order valence-electron chi connectivity index (χ4n) is 0.783. The molecule has 0 aliphatic rings. The van der Waals surface area contributed by atoms with Crippen LogP contribution in [0.15, 0.2) is 24.4 Å². The molecule has 0 saturated heterocycles. The minimum atomic E-state index is 0.178. The molecule has 0 heterocycles. The second kappa shape index (κ2) is 4.15. The van der Waals surface area contributed by atoms with Crippen LogP contribution in [0.4, 0.5) is 0 Å². The van der Waals surface area contributed by atoms with E-state index in [1.165, 1.54) is 0 Å². The van der Waals surface area contributed by atoms with E-state index >= 15 is 0 Å². The predicted octanol–water partition coefficient (Wildman–Crippen LogP) is 2.32. The molecule has 0 atom stereocenters. The third-order valence-corrected chi connectivity index (χ3v) is 1.28. The molecule has 0 unspecified atom stereocenters. The Balaban J connectivity index is 3.98. The van der Waals surface area contributed by atoms with Crippen molar-refractivity contribution in [2.75, 3.05) is 7.05 Å². The van der Waals surface area contributed by atoms with Crippen molar-refractivity contribution in [2.45, 2.75) is 20.8 Å². The lowest BCUT2D eigenvalue weighted by molar-refractivity contribution is 0.621. The van der Waals surface area contributed by atoms with Gasteiger partial charge in [0.1, 0.15) is 0 Å². The summed E-state index contributed by atoms with van der Waals surface area (Å²) in [6, 6.07) is 0. The van der Waals surface area contributed by atoms with Crippen LogP contribution < -0.4 is 5.32 Å². The second-order valence-corrected chi connectivity index (χ2v) is 2.94. The minimum Gasteiger partial charge on any atom is -0.394 e. The Labute approximate surface area is 63.8 Å². The second-order valence-electron chi connectivity index (χ2n) is 2.94. The zero-order valence-corrected chi connectivity index (χ0v) is 7.31. The number of hydrogen-bond acceptors (Lipinski definition) is 1. The van der Waals surface area contributed by atoms with E-state index in [1.807, 2.05) is 20.2 Å². The summed E-state index contributed by atoms with van der Waals surface area (Å²) in [7, 11) is 1.90. The molecule has 1 heteroatoms. The van der Waals surface area contributed by atoms with E-state index in [9.17, 15) is 0 Å². The van der Waals surface area contributed by atoms with Gasteiger partial charge in [-0.1, -0.05) is 32.1 Å². The van der Waals surface area contributed by atoms with Crippen LogP contribution in [0.25, 0.3) is 0 Å². The van der Waals surface area contributed by atoms with Gasteiger partial charge in [-0.25, -0.2) is 0 Å². The highest BCUT2D eigenvalue weighted by atomic mass is 14.8. The third kappa shape index (κ3) is 4.19. The molecule has 0 aromatic carbocycles. The fraction of sp³-hybridized carbons (Fsp3) is 0.556. The highest BCUT2D eigenvalue weighted by Crippen LogP contribution is 2.17. The van der Waals surface area contributed by atoms with Crippen LogP contribution in [0.5, 0.6) is 0 Å². The summed E-state index contributed by atoms with van der Waals surface area (Å²) in [6.07, 6.45) is 8.33. The Kier molecular flexibility index (Phi) is 3.85. The van der Waals surface area contributed by atoms with Crippen molar-refractivity contribution in [1.82, 2.24) is 5.32 Å². The largest absolute Gasteiger partial charge is 0.394 e. The number of allylic oxidation sites excluding steroid dienone is 3. The molecule has 1 nitrogen and oxygen atoms in total. The molecular weight excluding hydrogens is 122 g/mol. The van der Waals surface area contributed by atoms with Crippen molar-refractivity contribution in [3.8, 4) is 0 Å². The Morgan fingerprint density at radius 2 is 1.80 bits per heavy atom. The summed E-state index contributed by atoms with van der Waals surface area (Å²) in [5.41, 5.74) is 0.178. The number of rotatable bonds is 3. The van der Waals surface area contributed by atoms with Crippen molar-refractivity contribution in [3.63, 3.8) is 0 Å². The van der Waals surface area contributed by atoms with Gasteiger partial charge in [-0.3, -0.25) is 0 Å². The van der Waals surface area contributed by atoms with E-state index in [1.54, 1.807) is 0 Å². The molecule has 0 spiro atoms. The first-order valence-electron chi connectivity index (χ1n) is 3.61. The Bertz CT molecular complexity index is 132. The molecular formula is C9H17N. The maximum Gasteiger partial charge on any atom is 0.00276 e. The molecule has 0 amide bonds. The van der Waals surface area contributed by atoms with Gasteiger partial charge < -0.3 is 5.32 Å². The highest BCUT2D eigenvalue weighted by Gasteiger charge is 2.06. The van der Waals surface area contributed by atoms with E-state index in [0.717, 1.165) is 0 Å². The normalized spacial score (nSPS) is 13.2. The summed E-state index contributed by atoms with van der Waals surface area (Å²) < 4.78 is 0. The van der Waals surface area contributed by atoms with Gasteiger partial charge in [0.25, 0.3) is 0 Å². The Morgan fingerprint density at radius 1 is 1.20 bits per heavy atom. The van der Waals surface area contributed by atoms with E-state index in [2.05, 4.69) is 37.4 Å². The van der Waals surface area contributed by atoms with Gasteiger partial charge in [0.05, 0.1) is 0 Å². The van der Waals surface area contributed by atoms with Crippen LogP contribution >= 0.6 is 0 Å². The molecule has 0 aromatic heterocycles. The van der Waals surface area contributed by atoms with Gasteiger partial charge in [0, 0.05) is 12.5 Å². The van der Waals surface area contributed by atoms with Gasteiger partial charge in [0.15, 0.2) is 0 Å². The first-order valence-corrected chi connectivity index (χ1v) is 3.61. The van der Waals surface area contributed by atoms with E-state index in [-0.39, 0.29) is 5.41 Å². The third-order valence-electron chi connectivity index (χ3n) is 1.28. The Hall–Kier alpha value is -0.720. The highest BCUT2D eigenvalue weighted by molar-refractivity contribution is 5.05. The zero-order chi connectivity index (χ0) is 8.04. The molecule has 58 valence electrons. The zero-order valence-electron chi connectivity index (χ0n) is 7.31. The number of hydrogen-bond donors (Lipinski definition) is 1. The first-order chi connectivity index (χ1) is 4.62. The van der Waals surface area contributed by atoms with Gasteiger partial charge >= 0.3 is 0 Å². The lowest BCUT2D eigenvalue weighted by Gasteiger charge is -2.13. The van der Waals surface area contributed by atoms with Crippen LogP contribution in [-0.2, 0) is 0 Å². The average Bonchev–Trinajstić information content (AvgIpc) is 1.84. The smallest absolute Gasteiger partial charge is 0.00276 e. The molecule has 10 heavy (non-hydrogen) atoms. The summed E-state index contributed by atoms with van der Waals surface area (Å²) in [6.45, 7) is 6.37. The predicted molar refractivity (Wildman–Crippen MR) is 46.8 cm³/mol. The SMILES string of the molecule is C/C=C\C(C)(C)/C=C\NC. The van der Waals surface area contributed by atoms with Crippen LogP contribution in [-0.4, -0.2) is 7.05 Å². The van der Waals surface area contributed by atoms with Crippen LogP contribution in [0.1, 0.15) is 20.8 Å². The molecule has 0 rings (SSSR count). The first kappa shape index (κ1) is 9.28. The maximum absolute atomic E-state index is 2.97. The Morgan fingerprint density at radius 3 is 2.20 bits per heavy atom. The van der Waals surface area contributed by atoms with Crippen molar-refractivity contribution in [1.29, 1.82) is 0 Å². The lowest BCUT2D eigenvalue weighted by Crippen LogP contribution is -2.04. The molecule has 0 radical (unpaired) electrons. The summed E-state index contributed by atoms with van der Waals surface area (Å²) in [5, 5.41) is 2.97. The van der Waals surface area contributed by atoms with Crippen molar-refractivity contribution < 1.29 is 0 Å².